The number of rotatable bonds is 4. The lowest BCUT2D eigenvalue weighted by molar-refractivity contribution is 0.566. The third kappa shape index (κ3) is 6.23. The summed E-state index contributed by atoms with van der Waals surface area (Å²) in [5.74, 6) is 0. The van der Waals surface area contributed by atoms with E-state index in [-0.39, 0.29) is 16.2 Å². The summed E-state index contributed by atoms with van der Waals surface area (Å²) in [5.41, 5.74) is 7.88. The summed E-state index contributed by atoms with van der Waals surface area (Å²) < 4.78 is 0. The Balaban J connectivity index is 2.11. The first-order chi connectivity index (χ1) is 12.3. The normalized spacial score (nSPS) is 13.1. The third-order valence-corrected chi connectivity index (χ3v) is 5.48. The minimum atomic E-state index is 0.193. The zero-order valence-electron chi connectivity index (χ0n) is 19.2. The van der Waals surface area contributed by atoms with Crippen molar-refractivity contribution in [2.75, 3.05) is 0 Å². The molecule has 0 aliphatic rings. The van der Waals surface area contributed by atoms with Crippen LogP contribution in [0.2, 0.25) is 0 Å². The maximum atomic E-state index is 2.43. The van der Waals surface area contributed by atoms with Crippen molar-refractivity contribution in [3.05, 3.63) is 70.3 Å². The van der Waals surface area contributed by atoms with Gasteiger partial charge in [-0.05, 0) is 63.3 Å². The summed E-state index contributed by atoms with van der Waals surface area (Å²) in [7, 11) is 0. The summed E-state index contributed by atoms with van der Waals surface area (Å²) >= 11 is 0. The molecule has 0 atom stereocenters. The van der Waals surface area contributed by atoms with Crippen molar-refractivity contribution in [2.24, 2.45) is 0 Å². The number of hydrogen-bond acceptors (Lipinski definition) is 0. The molecule has 0 unspecified atom stereocenters. The summed E-state index contributed by atoms with van der Waals surface area (Å²) in [6.07, 6.45) is 3.50. The van der Waals surface area contributed by atoms with Crippen LogP contribution in [0.5, 0.6) is 0 Å². The molecule has 0 amide bonds. The van der Waals surface area contributed by atoms with Crippen molar-refractivity contribution in [2.45, 2.75) is 97.8 Å². The second-order valence-electron chi connectivity index (χ2n) is 11.2. The first kappa shape index (κ1) is 21.7. The maximum Gasteiger partial charge on any atom is -0.0132 e. The summed E-state index contributed by atoms with van der Waals surface area (Å²) in [6.45, 7) is 20.7. The molecule has 0 spiro atoms. The van der Waals surface area contributed by atoms with Crippen LogP contribution in [0, 0.1) is 0 Å². The molecule has 27 heavy (non-hydrogen) atoms. The Hall–Kier alpha value is -1.56. The number of aryl methyl sites for hydroxylation is 2. The van der Waals surface area contributed by atoms with E-state index >= 15 is 0 Å². The molecule has 2 aromatic rings. The molecule has 0 fully saturated rings. The van der Waals surface area contributed by atoms with Gasteiger partial charge in [-0.1, -0.05) is 105 Å². The highest BCUT2D eigenvalue weighted by atomic mass is 14.2. The average Bonchev–Trinajstić information content (AvgIpc) is 2.52. The van der Waals surface area contributed by atoms with Crippen molar-refractivity contribution >= 4 is 0 Å². The number of hydrogen-bond donors (Lipinski definition) is 0. The van der Waals surface area contributed by atoms with Crippen LogP contribution >= 0.6 is 0 Å². The van der Waals surface area contributed by atoms with Crippen molar-refractivity contribution in [1.82, 2.24) is 0 Å². The van der Waals surface area contributed by atoms with Crippen molar-refractivity contribution in [3.63, 3.8) is 0 Å². The first-order valence-electron chi connectivity index (χ1n) is 10.5. The first-order valence-corrected chi connectivity index (χ1v) is 10.5. The topological polar surface area (TPSA) is 0 Å². The fourth-order valence-corrected chi connectivity index (χ4v) is 3.37. The number of benzene rings is 2. The summed E-state index contributed by atoms with van der Waals surface area (Å²) in [6, 6.07) is 16.5. The molecular weight excluding hydrogens is 324 g/mol. The Kier molecular flexibility index (Phi) is 6.30. The zero-order valence-corrected chi connectivity index (χ0v) is 19.2. The molecule has 0 saturated heterocycles. The van der Waals surface area contributed by atoms with E-state index in [0.717, 1.165) is 12.8 Å². The molecule has 0 bridgehead atoms. The average molecular weight is 365 g/mol. The van der Waals surface area contributed by atoms with Crippen LogP contribution in [-0.4, -0.2) is 0 Å². The molecule has 2 rings (SSSR count). The van der Waals surface area contributed by atoms with Gasteiger partial charge in [0, 0.05) is 0 Å². The van der Waals surface area contributed by atoms with E-state index in [4.69, 9.17) is 0 Å². The molecule has 2 aromatic carbocycles. The van der Waals surface area contributed by atoms with Crippen LogP contribution in [0.4, 0.5) is 0 Å². The molecule has 0 saturated carbocycles. The quantitative estimate of drug-likeness (QED) is 0.520. The monoisotopic (exact) mass is 364 g/mol. The van der Waals surface area contributed by atoms with Crippen LogP contribution in [0.25, 0.3) is 0 Å². The van der Waals surface area contributed by atoms with E-state index < -0.39 is 0 Å². The maximum absolute atomic E-state index is 2.43. The Morgan fingerprint density at radius 2 is 0.889 bits per heavy atom. The van der Waals surface area contributed by atoms with Gasteiger partial charge in [0.05, 0.1) is 0 Å². The lowest BCUT2D eigenvalue weighted by atomic mass is 9.79. The van der Waals surface area contributed by atoms with Crippen LogP contribution in [0.15, 0.2) is 42.5 Å². The minimum Gasteiger partial charge on any atom is -0.0588 e. The summed E-state index contributed by atoms with van der Waals surface area (Å²) in [4.78, 5) is 0. The van der Waals surface area contributed by atoms with E-state index in [0.29, 0.717) is 0 Å². The van der Waals surface area contributed by atoms with Crippen molar-refractivity contribution in [1.29, 1.82) is 0 Å². The molecule has 0 aliphatic carbocycles. The smallest absolute Gasteiger partial charge is 0.0132 e. The molecular formula is C27H40. The van der Waals surface area contributed by atoms with E-state index in [9.17, 15) is 0 Å². The third-order valence-electron chi connectivity index (χ3n) is 5.48. The van der Waals surface area contributed by atoms with Gasteiger partial charge in [-0.15, -0.1) is 0 Å². The highest BCUT2D eigenvalue weighted by Crippen LogP contribution is 2.31. The predicted octanol–water partition coefficient (Wildman–Crippen LogP) is 7.75. The zero-order chi connectivity index (χ0) is 20.5. The summed E-state index contributed by atoms with van der Waals surface area (Å²) in [5, 5.41) is 0. The fourth-order valence-electron chi connectivity index (χ4n) is 3.37. The van der Waals surface area contributed by atoms with Gasteiger partial charge in [0.15, 0.2) is 0 Å². The van der Waals surface area contributed by atoms with Gasteiger partial charge in [0.1, 0.15) is 0 Å². The van der Waals surface area contributed by atoms with E-state index in [1.165, 1.54) is 34.2 Å². The highest BCUT2D eigenvalue weighted by Gasteiger charge is 2.20. The molecule has 0 aliphatic heterocycles. The van der Waals surface area contributed by atoms with Crippen molar-refractivity contribution < 1.29 is 0 Å². The largest absolute Gasteiger partial charge is 0.0588 e. The Bertz CT molecular complexity index is 708. The van der Waals surface area contributed by atoms with E-state index in [1.807, 2.05) is 0 Å². The molecule has 0 heterocycles. The molecule has 0 N–H and O–H groups in total. The molecule has 0 aromatic heterocycles. The lowest BCUT2D eigenvalue weighted by Gasteiger charge is -2.26. The van der Waals surface area contributed by atoms with Gasteiger partial charge in [0.2, 0.25) is 0 Å². The van der Waals surface area contributed by atoms with Crippen LogP contribution in [-0.2, 0) is 29.1 Å². The van der Waals surface area contributed by atoms with E-state index in [2.05, 4.69) is 105 Å². The molecule has 0 heteroatoms. The Morgan fingerprint density at radius 3 is 1.30 bits per heavy atom. The SMILES string of the molecule is CC(C)(C)c1ccc(CCCc2cc(C(C)(C)C)cc(C(C)(C)C)c2)cc1. The van der Waals surface area contributed by atoms with Gasteiger partial charge < -0.3 is 0 Å². The van der Waals surface area contributed by atoms with Gasteiger partial charge in [-0.2, -0.15) is 0 Å². The fraction of sp³-hybridized carbons (Fsp3) is 0.556. The van der Waals surface area contributed by atoms with Gasteiger partial charge in [-0.3, -0.25) is 0 Å². The Morgan fingerprint density at radius 1 is 0.481 bits per heavy atom. The van der Waals surface area contributed by atoms with Gasteiger partial charge >= 0.3 is 0 Å². The second-order valence-corrected chi connectivity index (χ2v) is 11.2. The van der Waals surface area contributed by atoms with Crippen molar-refractivity contribution in [3.8, 4) is 0 Å². The Labute approximate surface area is 168 Å². The lowest BCUT2D eigenvalue weighted by Crippen LogP contribution is -2.17. The van der Waals surface area contributed by atoms with Crippen LogP contribution in [0.1, 0.15) is 96.6 Å². The second kappa shape index (κ2) is 7.82. The molecule has 0 radical (unpaired) electrons. The molecule has 148 valence electrons. The van der Waals surface area contributed by atoms with Gasteiger partial charge in [0.25, 0.3) is 0 Å². The minimum absolute atomic E-state index is 0.193. The van der Waals surface area contributed by atoms with Crippen LogP contribution < -0.4 is 0 Å². The standard InChI is InChI=1S/C27H40/c1-25(2,3)22-15-13-20(14-16-22)11-10-12-21-17-23(26(4,5)6)19-24(18-21)27(7,8)9/h13-19H,10-12H2,1-9H3. The molecule has 0 nitrogen and oxygen atoms in total. The van der Waals surface area contributed by atoms with Crippen LogP contribution in [0.3, 0.4) is 0 Å². The predicted molar refractivity (Wildman–Crippen MR) is 121 cm³/mol. The van der Waals surface area contributed by atoms with Gasteiger partial charge in [-0.25, -0.2) is 0 Å². The van der Waals surface area contributed by atoms with E-state index in [1.54, 1.807) is 0 Å². The highest BCUT2D eigenvalue weighted by molar-refractivity contribution is 5.37.